The number of benzene rings is 2. The van der Waals surface area contributed by atoms with Gasteiger partial charge < -0.3 is 4.57 Å². The zero-order chi connectivity index (χ0) is 13.5. The molecule has 3 heteroatoms. The predicted octanol–water partition coefficient (Wildman–Crippen LogP) is 4.80. The molecule has 0 atom stereocenters. The maximum absolute atomic E-state index is 4.40. The Labute approximate surface area is 121 Å². The van der Waals surface area contributed by atoms with Gasteiger partial charge in [-0.2, -0.15) is 0 Å². The third kappa shape index (κ3) is 1.67. The van der Waals surface area contributed by atoms with Gasteiger partial charge in [-0.3, -0.25) is 0 Å². The van der Waals surface area contributed by atoms with E-state index in [1.165, 1.54) is 25.9 Å². The minimum atomic E-state index is 0.942. The fourth-order valence-corrected chi connectivity index (χ4v) is 3.83. The molecular formula is C17H14N2S. The van der Waals surface area contributed by atoms with E-state index >= 15 is 0 Å². The van der Waals surface area contributed by atoms with Crippen molar-refractivity contribution in [2.75, 3.05) is 0 Å². The first kappa shape index (κ1) is 11.7. The van der Waals surface area contributed by atoms with Crippen LogP contribution in [0.25, 0.3) is 25.9 Å². The van der Waals surface area contributed by atoms with E-state index in [0.29, 0.717) is 0 Å². The lowest BCUT2D eigenvalue weighted by atomic mass is 10.1. The van der Waals surface area contributed by atoms with E-state index < -0.39 is 0 Å². The second-order valence-electron chi connectivity index (χ2n) is 4.85. The molecule has 0 saturated heterocycles. The second kappa shape index (κ2) is 4.46. The summed E-state index contributed by atoms with van der Waals surface area (Å²) in [5, 5.41) is 2.69. The summed E-state index contributed by atoms with van der Waals surface area (Å²) in [4.78, 5) is 4.40. The van der Waals surface area contributed by atoms with Crippen LogP contribution in [-0.4, -0.2) is 9.55 Å². The molecule has 2 nitrogen and oxygen atoms in total. The van der Waals surface area contributed by atoms with Crippen molar-refractivity contribution in [2.24, 2.45) is 0 Å². The number of nitrogens with zero attached hydrogens (tertiary/aromatic N) is 2. The van der Waals surface area contributed by atoms with Crippen molar-refractivity contribution < 1.29 is 0 Å². The van der Waals surface area contributed by atoms with Crippen molar-refractivity contribution in [3.05, 3.63) is 60.7 Å². The molecule has 0 aliphatic rings. The highest BCUT2D eigenvalue weighted by molar-refractivity contribution is 7.25. The van der Waals surface area contributed by atoms with Crippen molar-refractivity contribution in [2.45, 2.75) is 13.3 Å². The van der Waals surface area contributed by atoms with Gasteiger partial charge in [0.05, 0.1) is 0 Å². The topological polar surface area (TPSA) is 17.8 Å². The van der Waals surface area contributed by atoms with Crippen LogP contribution in [0.3, 0.4) is 0 Å². The number of fused-ring (bicyclic) bond motifs is 3. The molecule has 20 heavy (non-hydrogen) atoms. The second-order valence-corrected chi connectivity index (χ2v) is 5.93. The monoisotopic (exact) mass is 278 g/mol. The first-order valence-corrected chi connectivity index (χ1v) is 7.62. The lowest BCUT2D eigenvalue weighted by Crippen LogP contribution is -1.98. The first-order chi connectivity index (χ1) is 9.86. The number of hydrogen-bond acceptors (Lipinski definition) is 2. The quantitative estimate of drug-likeness (QED) is 0.515. The molecule has 98 valence electrons. The smallest absolute Gasteiger partial charge is 0.112 e. The lowest BCUT2D eigenvalue weighted by Gasteiger charge is -2.06. The minimum Gasteiger partial charge on any atom is -0.304 e. The summed E-state index contributed by atoms with van der Waals surface area (Å²) >= 11 is 1.85. The van der Waals surface area contributed by atoms with Crippen LogP contribution in [0.1, 0.15) is 12.7 Å². The van der Waals surface area contributed by atoms with Gasteiger partial charge in [-0.05, 0) is 18.2 Å². The Morgan fingerprint density at radius 3 is 2.80 bits per heavy atom. The molecule has 2 heterocycles. The molecule has 0 aliphatic heterocycles. The molecule has 0 spiro atoms. The van der Waals surface area contributed by atoms with Gasteiger partial charge in [-0.15, -0.1) is 11.3 Å². The Bertz CT molecular complexity index is 902. The van der Waals surface area contributed by atoms with Crippen LogP contribution >= 0.6 is 11.3 Å². The van der Waals surface area contributed by atoms with Crippen LogP contribution in [0.2, 0.25) is 0 Å². The van der Waals surface area contributed by atoms with E-state index in [9.17, 15) is 0 Å². The molecule has 0 amide bonds. The highest BCUT2D eigenvalue weighted by atomic mass is 32.1. The zero-order valence-electron chi connectivity index (χ0n) is 11.2. The van der Waals surface area contributed by atoms with Crippen LogP contribution in [0.4, 0.5) is 0 Å². The SMILES string of the molecule is CCc1nccn1-c1ccc2c(c1)sc1ccccc12. The van der Waals surface area contributed by atoms with Gasteiger partial charge in [0.2, 0.25) is 0 Å². The molecular weight excluding hydrogens is 264 g/mol. The molecule has 4 aromatic rings. The molecule has 4 rings (SSSR count). The fraction of sp³-hybridized carbons (Fsp3) is 0.118. The Morgan fingerprint density at radius 1 is 1.05 bits per heavy atom. The van der Waals surface area contributed by atoms with Gasteiger partial charge in [0.15, 0.2) is 0 Å². The van der Waals surface area contributed by atoms with Crippen molar-refractivity contribution in [3.63, 3.8) is 0 Å². The molecule has 0 unspecified atom stereocenters. The zero-order valence-corrected chi connectivity index (χ0v) is 12.0. The summed E-state index contributed by atoms with van der Waals surface area (Å²) < 4.78 is 4.85. The van der Waals surface area contributed by atoms with E-state index in [4.69, 9.17) is 0 Å². The standard InChI is InChI=1S/C17H14N2S/c1-2-17-18-9-10-19(17)12-7-8-14-13-5-3-4-6-15(13)20-16(14)11-12/h3-11H,2H2,1H3. The number of imidazole rings is 1. The van der Waals surface area contributed by atoms with E-state index in [1.54, 1.807) is 0 Å². The largest absolute Gasteiger partial charge is 0.304 e. The highest BCUT2D eigenvalue weighted by Crippen LogP contribution is 2.34. The Morgan fingerprint density at radius 2 is 1.90 bits per heavy atom. The molecule has 0 N–H and O–H groups in total. The van der Waals surface area contributed by atoms with Crippen LogP contribution < -0.4 is 0 Å². The summed E-state index contributed by atoms with van der Waals surface area (Å²) in [7, 11) is 0. The molecule has 0 radical (unpaired) electrons. The van der Waals surface area contributed by atoms with E-state index in [-0.39, 0.29) is 0 Å². The lowest BCUT2D eigenvalue weighted by molar-refractivity contribution is 0.892. The summed E-state index contributed by atoms with van der Waals surface area (Å²) in [6, 6.07) is 15.3. The van der Waals surface area contributed by atoms with Gasteiger partial charge in [0, 0.05) is 44.7 Å². The van der Waals surface area contributed by atoms with Crippen molar-refractivity contribution in [3.8, 4) is 5.69 Å². The molecule has 0 saturated carbocycles. The maximum Gasteiger partial charge on any atom is 0.112 e. The van der Waals surface area contributed by atoms with Gasteiger partial charge in [-0.25, -0.2) is 4.98 Å². The van der Waals surface area contributed by atoms with Crippen LogP contribution in [0.5, 0.6) is 0 Å². The summed E-state index contributed by atoms with van der Waals surface area (Å²) in [5.41, 5.74) is 1.19. The number of thiophene rings is 1. The number of aromatic nitrogens is 2. The number of rotatable bonds is 2. The van der Waals surface area contributed by atoms with Gasteiger partial charge in [0.1, 0.15) is 5.82 Å². The number of hydrogen-bond donors (Lipinski definition) is 0. The van der Waals surface area contributed by atoms with E-state index in [2.05, 4.69) is 58.9 Å². The average molecular weight is 278 g/mol. The summed E-state index contributed by atoms with van der Waals surface area (Å²) in [6.45, 7) is 2.14. The van der Waals surface area contributed by atoms with E-state index in [0.717, 1.165) is 12.2 Å². The molecule has 2 aromatic heterocycles. The van der Waals surface area contributed by atoms with Gasteiger partial charge in [-0.1, -0.05) is 31.2 Å². The summed E-state index contributed by atoms with van der Waals surface area (Å²) in [6.07, 6.45) is 4.85. The third-order valence-electron chi connectivity index (χ3n) is 3.67. The highest BCUT2D eigenvalue weighted by Gasteiger charge is 2.07. The Hall–Kier alpha value is -2.13. The summed E-state index contributed by atoms with van der Waals surface area (Å²) in [5.74, 6) is 1.10. The molecule has 0 bridgehead atoms. The van der Waals surface area contributed by atoms with Crippen LogP contribution in [-0.2, 0) is 6.42 Å². The van der Waals surface area contributed by atoms with E-state index in [1.807, 2.05) is 23.7 Å². The Kier molecular flexibility index (Phi) is 2.60. The first-order valence-electron chi connectivity index (χ1n) is 6.80. The van der Waals surface area contributed by atoms with Crippen molar-refractivity contribution in [1.82, 2.24) is 9.55 Å². The van der Waals surface area contributed by atoms with Gasteiger partial charge in [0.25, 0.3) is 0 Å². The molecule has 0 aliphatic carbocycles. The van der Waals surface area contributed by atoms with Crippen LogP contribution in [0, 0.1) is 0 Å². The van der Waals surface area contributed by atoms with Crippen LogP contribution in [0.15, 0.2) is 54.9 Å². The third-order valence-corrected chi connectivity index (χ3v) is 4.81. The van der Waals surface area contributed by atoms with Crippen molar-refractivity contribution in [1.29, 1.82) is 0 Å². The fourth-order valence-electron chi connectivity index (χ4n) is 2.70. The maximum atomic E-state index is 4.40. The van der Waals surface area contributed by atoms with Gasteiger partial charge >= 0.3 is 0 Å². The minimum absolute atomic E-state index is 0.942. The Balaban J connectivity index is 1.97. The normalized spacial score (nSPS) is 11.4. The predicted molar refractivity (Wildman–Crippen MR) is 85.8 cm³/mol. The number of aryl methyl sites for hydroxylation is 1. The molecule has 2 aromatic carbocycles. The van der Waals surface area contributed by atoms with Crippen molar-refractivity contribution >= 4 is 31.5 Å². The average Bonchev–Trinajstić information content (AvgIpc) is 3.10. The molecule has 0 fully saturated rings.